The maximum absolute atomic E-state index is 14.2. The molecule has 112 valence electrons. The van der Waals surface area contributed by atoms with Crippen LogP contribution in [0, 0.1) is 11.6 Å². The lowest BCUT2D eigenvalue weighted by Crippen LogP contribution is -2.24. The summed E-state index contributed by atoms with van der Waals surface area (Å²) in [4.78, 5) is 0. The number of hydrogen-bond acceptors (Lipinski definition) is 1. The molecular weight excluding hydrogens is 315 g/mol. The van der Waals surface area contributed by atoms with Gasteiger partial charge in [-0.15, -0.1) is 0 Å². The fourth-order valence-corrected chi connectivity index (χ4v) is 2.63. The quantitative estimate of drug-likeness (QED) is 0.798. The zero-order valence-corrected chi connectivity index (χ0v) is 13.0. The van der Waals surface area contributed by atoms with Crippen molar-refractivity contribution < 1.29 is 8.78 Å². The Hall–Kier alpha value is -1.16. The average molecular weight is 330 g/mol. The monoisotopic (exact) mass is 329 g/mol. The lowest BCUT2D eigenvalue weighted by atomic mass is 9.98. The van der Waals surface area contributed by atoms with E-state index in [-0.39, 0.29) is 22.5 Å². The van der Waals surface area contributed by atoms with E-state index < -0.39 is 11.6 Å². The highest BCUT2D eigenvalue weighted by Crippen LogP contribution is 2.28. The van der Waals surface area contributed by atoms with E-state index in [2.05, 4.69) is 5.32 Å². The Morgan fingerprint density at radius 2 is 1.62 bits per heavy atom. The van der Waals surface area contributed by atoms with Crippen LogP contribution in [-0.4, -0.2) is 6.54 Å². The van der Waals surface area contributed by atoms with Crippen LogP contribution >= 0.6 is 23.2 Å². The predicted octanol–water partition coefficient (Wildman–Crippen LogP) is 5.16. The Labute approximate surface area is 132 Å². The Balaban J connectivity index is 2.35. The largest absolute Gasteiger partial charge is 0.310 e. The molecular formula is C16H15Cl2F2N. The van der Waals surface area contributed by atoms with Crippen LogP contribution in [-0.2, 0) is 6.42 Å². The molecule has 0 aliphatic rings. The van der Waals surface area contributed by atoms with Crippen LogP contribution in [0.2, 0.25) is 10.0 Å². The molecule has 5 heteroatoms. The molecule has 1 unspecified atom stereocenters. The van der Waals surface area contributed by atoms with Gasteiger partial charge in [-0.3, -0.25) is 0 Å². The molecule has 0 aromatic heterocycles. The number of hydrogen-bond donors (Lipinski definition) is 1. The number of nitrogens with one attached hydrogen (secondary N) is 1. The molecule has 0 amide bonds. The molecule has 21 heavy (non-hydrogen) atoms. The zero-order valence-electron chi connectivity index (χ0n) is 11.5. The van der Waals surface area contributed by atoms with Gasteiger partial charge in [0.25, 0.3) is 0 Å². The van der Waals surface area contributed by atoms with E-state index in [1.807, 2.05) is 6.92 Å². The van der Waals surface area contributed by atoms with Crippen molar-refractivity contribution >= 4 is 23.2 Å². The molecule has 0 aliphatic heterocycles. The smallest absolute Gasteiger partial charge is 0.146 e. The van der Waals surface area contributed by atoms with Crippen molar-refractivity contribution in [1.82, 2.24) is 5.32 Å². The number of halogens is 4. The summed E-state index contributed by atoms with van der Waals surface area (Å²) in [6, 6.07) is 9.26. The Kier molecular flexibility index (Phi) is 5.57. The second kappa shape index (κ2) is 7.21. The molecule has 2 aromatic carbocycles. The summed E-state index contributed by atoms with van der Waals surface area (Å²) in [6.45, 7) is 2.53. The molecule has 0 saturated carbocycles. The van der Waals surface area contributed by atoms with E-state index >= 15 is 0 Å². The summed E-state index contributed by atoms with van der Waals surface area (Å²) < 4.78 is 28.2. The van der Waals surface area contributed by atoms with Crippen LogP contribution < -0.4 is 5.32 Å². The highest BCUT2D eigenvalue weighted by atomic mass is 35.5. The summed E-state index contributed by atoms with van der Waals surface area (Å²) in [7, 11) is 0. The Morgan fingerprint density at radius 1 is 1.00 bits per heavy atom. The first kappa shape index (κ1) is 16.2. The summed E-state index contributed by atoms with van der Waals surface area (Å²) in [5.74, 6) is -0.947. The fraction of sp³-hybridized carbons (Fsp3) is 0.250. The average Bonchev–Trinajstić information content (AvgIpc) is 2.46. The Bertz CT molecular complexity index is 632. The van der Waals surface area contributed by atoms with Gasteiger partial charge in [-0.25, -0.2) is 8.78 Å². The molecule has 0 bridgehead atoms. The first-order valence-electron chi connectivity index (χ1n) is 6.64. The second-order valence-corrected chi connectivity index (χ2v) is 5.48. The molecule has 0 radical (unpaired) electrons. The van der Waals surface area contributed by atoms with Gasteiger partial charge in [-0.2, -0.15) is 0 Å². The number of likely N-dealkylation sites (N-methyl/N-ethyl adjacent to an activating group) is 1. The van der Waals surface area contributed by atoms with Gasteiger partial charge in [-0.05, 0) is 30.7 Å². The molecule has 1 N–H and O–H groups in total. The predicted molar refractivity (Wildman–Crippen MR) is 82.9 cm³/mol. The topological polar surface area (TPSA) is 12.0 Å². The third-order valence-corrected chi connectivity index (χ3v) is 3.85. The highest BCUT2D eigenvalue weighted by molar-refractivity contribution is 6.31. The molecule has 0 spiro atoms. The molecule has 1 atom stereocenters. The molecule has 0 saturated heterocycles. The van der Waals surface area contributed by atoms with Gasteiger partial charge in [0.2, 0.25) is 0 Å². The molecule has 1 nitrogen and oxygen atoms in total. The van der Waals surface area contributed by atoms with Crippen LogP contribution in [0.3, 0.4) is 0 Å². The van der Waals surface area contributed by atoms with Crippen LogP contribution in [0.4, 0.5) is 8.78 Å². The maximum Gasteiger partial charge on any atom is 0.146 e. The summed E-state index contributed by atoms with van der Waals surface area (Å²) in [6.07, 6.45) is 0.289. The summed E-state index contributed by atoms with van der Waals surface area (Å²) >= 11 is 11.6. The van der Waals surface area contributed by atoms with Crippen LogP contribution in [0.5, 0.6) is 0 Å². The summed E-state index contributed by atoms with van der Waals surface area (Å²) in [5, 5.41) is 3.28. The van der Waals surface area contributed by atoms with E-state index in [0.29, 0.717) is 17.7 Å². The summed E-state index contributed by atoms with van der Waals surface area (Å²) in [5.41, 5.74) is 0.858. The number of rotatable bonds is 5. The number of benzene rings is 2. The van der Waals surface area contributed by atoms with Crippen molar-refractivity contribution in [3.05, 3.63) is 69.2 Å². The first-order valence-corrected chi connectivity index (χ1v) is 7.40. The third kappa shape index (κ3) is 3.73. The van der Waals surface area contributed by atoms with Gasteiger partial charge in [-0.1, -0.05) is 54.4 Å². The molecule has 2 aromatic rings. The lowest BCUT2D eigenvalue weighted by molar-refractivity contribution is 0.498. The van der Waals surface area contributed by atoms with Crippen LogP contribution in [0.1, 0.15) is 24.1 Å². The molecule has 2 rings (SSSR count). The SMILES string of the molecule is CCNC(Cc1cccc(Cl)c1F)c1cccc(Cl)c1F. The van der Waals surface area contributed by atoms with Gasteiger partial charge in [0, 0.05) is 11.6 Å². The minimum atomic E-state index is -0.479. The first-order chi connectivity index (χ1) is 10.0. The lowest BCUT2D eigenvalue weighted by Gasteiger charge is -2.20. The minimum absolute atomic E-state index is 0.0574. The standard InChI is InChI=1S/C16H15Cl2F2N/c1-2-21-14(11-6-4-8-13(18)16(11)20)9-10-5-3-7-12(17)15(10)19/h3-8,14,21H,2,9H2,1H3. The van der Waals surface area contributed by atoms with Crippen LogP contribution in [0.15, 0.2) is 36.4 Å². The van der Waals surface area contributed by atoms with E-state index in [9.17, 15) is 8.78 Å². The molecule has 0 aliphatic carbocycles. The minimum Gasteiger partial charge on any atom is -0.310 e. The molecule has 0 fully saturated rings. The van der Waals surface area contributed by atoms with Gasteiger partial charge in [0.15, 0.2) is 0 Å². The fourth-order valence-electron chi connectivity index (χ4n) is 2.25. The zero-order chi connectivity index (χ0) is 15.4. The van der Waals surface area contributed by atoms with E-state index in [4.69, 9.17) is 23.2 Å². The van der Waals surface area contributed by atoms with E-state index in [1.54, 1.807) is 24.3 Å². The third-order valence-electron chi connectivity index (χ3n) is 3.26. The van der Waals surface area contributed by atoms with Crippen LogP contribution in [0.25, 0.3) is 0 Å². The normalized spacial score (nSPS) is 12.4. The van der Waals surface area contributed by atoms with Gasteiger partial charge >= 0.3 is 0 Å². The Morgan fingerprint density at radius 3 is 2.29 bits per heavy atom. The second-order valence-electron chi connectivity index (χ2n) is 4.67. The van der Waals surface area contributed by atoms with Gasteiger partial charge < -0.3 is 5.32 Å². The van der Waals surface area contributed by atoms with Gasteiger partial charge in [0.05, 0.1) is 10.0 Å². The molecule has 0 heterocycles. The van der Waals surface area contributed by atoms with Crippen molar-refractivity contribution in [2.24, 2.45) is 0 Å². The maximum atomic E-state index is 14.2. The van der Waals surface area contributed by atoms with Gasteiger partial charge in [0.1, 0.15) is 11.6 Å². The van der Waals surface area contributed by atoms with E-state index in [1.165, 1.54) is 12.1 Å². The van der Waals surface area contributed by atoms with Crippen molar-refractivity contribution in [2.45, 2.75) is 19.4 Å². The van der Waals surface area contributed by atoms with Crippen molar-refractivity contribution in [3.8, 4) is 0 Å². The highest BCUT2D eigenvalue weighted by Gasteiger charge is 2.19. The van der Waals surface area contributed by atoms with E-state index in [0.717, 1.165) is 0 Å². The van der Waals surface area contributed by atoms with Crippen molar-refractivity contribution in [2.75, 3.05) is 6.54 Å². The van der Waals surface area contributed by atoms with Crippen molar-refractivity contribution in [3.63, 3.8) is 0 Å². The van der Waals surface area contributed by atoms with Crippen molar-refractivity contribution in [1.29, 1.82) is 0 Å².